The van der Waals surface area contributed by atoms with E-state index in [1.165, 1.54) is 0 Å². The molecule has 0 bridgehead atoms. The van der Waals surface area contributed by atoms with Crippen molar-refractivity contribution >= 4 is 29.2 Å². The van der Waals surface area contributed by atoms with Gasteiger partial charge in [-0.1, -0.05) is 13.8 Å². The number of likely N-dealkylation sites (tertiary alicyclic amines) is 2. The second-order valence-electron chi connectivity index (χ2n) is 9.61. The zero-order chi connectivity index (χ0) is 24.4. The molecule has 184 valence electrons. The molecule has 0 saturated carbocycles. The molecular weight excluding hydrogens is 438 g/mol. The van der Waals surface area contributed by atoms with Crippen LogP contribution in [0.4, 0.5) is 5.69 Å². The van der Waals surface area contributed by atoms with Crippen molar-refractivity contribution in [1.29, 1.82) is 0 Å². The van der Waals surface area contributed by atoms with E-state index in [2.05, 4.69) is 10.6 Å². The quantitative estimate of drug-likeness (QED) is 0.489. The van der Waals surface area contributed by atoms with Gasteiger partial charge in [0.1, 0.15) is 18.2 Å². The van der Waals surface area contributed by atoms with Gasteiger partial charge in [-0.3, -0.25) is 19.2 Å². The normalized spacial score (nSPS) is 25.4. The van der Waals surface area contributed by atoms with Crippen LogP contribution in [0.5, 0.6) is 0 Å². The van der Waals surface area contributed by atoms with Crippen LogP contribution in [-0.4, -0.2) is 90.3 Å². The molecule has 0 spiro atoms. The summed E-state index contributed by atoms with van der Waals surface area (Å²) < 4.78 is 5.58. The Balaban J connectivity index is 1.47. The molecule has 3 saturated heterocycles. The van der Waals surface area contributed by atoms with Gasteiger partial charge in [-0.05, 0) is 43.0 Å². The highest BCUT2D eigenvalue weighted by Gasteiger charge is 2.53. The number of Topliss-reactive ketones (excluding diaryl/α,β-unsaturated/α-hetero) is 1. The first-order valence-corrected chi connectivity index (χ1v) is 11.9. The number of nitrogens with zero attached hydrogens (tertiary/aromatic N) is 2. The maximum Gasteiger partial charge on any atom is 0.253 e. The number of ether oxygens (including phenoxy) is 1. The molecule has 3 amide bonds. The Morgan fingerprint density at radius 1 is 1.21 bits per heavy atom. The highest BCUT2D eigenvalue weighted by atomic mass is 16.5. The largest absolute Gasteiger partial charge is 0.399 e. The third-order valence-corrected chi connectivity index (χ3v) is 6.68. The average molecular weight is 472 g/mol. The molecule has 4 rings (SSSR count). The zero-order valence-corrected chi connectivity index (χ0v) is 19.7. The maximum absolute atomic E-state index is 13.6. The van der Waals surface area contributed by atoms with E-state index in [4.69, 9.17) is 10.5 Å². The van der Waals surface area contributed by atoms with Gasteiger partial charge in [0.2, 0.25) is 5.91 Å². The number of benzene rings is 1. The number of carbonyl (C=O) groups excluding carboxylic acids is 4. The number of hydrogen-bond acceptors (Lipinski definition) is 7. The number of ketones is 1. The van der Waals surface area contributed by atoms with Crippen molar-refractivity contribution in [3.8, 4) is 0 Å². The highest BCUT2D eigenvalue weighted by molar-refractivity contribution is 6.01. The molecule has 0 aromatic heterocycles. The molecule has 10 nitrogen and oxygen atoms in total. The van der Waals surface area contributed by atoms with Crippen LogP contribution in [0, 0.1) is 5.92 Å². The van der Waals surface area contributed by atoms with Gasteiger partial charge in [0.15, 0.2) is 5.78 Å². The van der Waals surface area contributed by atoms with E-state index in [0.717, 1.165) is 0 Å². The number of carbonyl (C=O) groups is 4. The zero-order valence-electron chi connectivity index (χ0n) is 19.7. The van der Waals surface area contributed by atoms with Crippen LogP contribution < -0.4 is 16.4 Å². The van der Waals surface area contributed by atoms with Crippen LogP contribution in [0.1, 0.15) is 37.0 Å². The molecule has 34 heavy (non-hydrogen) atoms. The second kappa shape index (κ2) is 10.1. The fourth-order valence-electron chi connectivity index (χ4n) is 5.04. The summed E-state index contributed by atoms with van der Waals surface area (Å²) in [5.74, 6) is -0.874. The van der Waals surface area contributed by atoms with Gasteiger partial charge < -0.3 is 30.9 Å². The van der Waals surface area contributed by atoms with E-state index in [-0.39, 0.29) is 42.0 Å². The molecule has 4 N–H and O–H groups in total. The first kappa shape index (κ1) is 24.2. The minimum absolute atomic E-state index is 0.0234. The summed E-state index contributed by atoms with van der Waals surface area (Å²) in [6.45, 7) is 5.84. The molecule has 1 aromatic carbocycles. The molecule has 4 unspecified atom stereocenters. The number of nitrogens with two attached hydrogens (primary N) is 1. The number of anilines is 1. The van der Waals surface area contributed by atoms with Gasteiger partial charge in [0.05, 0.1) is 19.2 Å². The van der Waals surface area contributed by atoms with Crippen molar-refractivity contribution in [1.82, 2.24) is 20.4 Å². The van der Waals surface area contributed by atoms with E-state index in [1.54, 1.807) is 34.1 Å². The van der Waals surface area contributed by atoms with Gasteiger partial charge in [0, 0.05) is 30.9 Å². The smallest absolute Gasteiger partial charge is 0.253 e. The van der Waals surface area contributed by atoms with Crippen molar-refractivity contribution in [2.24, 2.45) is 5.92 Å². The van der Waals surface area contributed by atoms with Gasteiger partial charge in [-0.2, -0.15) is 0 Å². The lowest BCUT2D eigenvalue weighted by atomic mass is 10.0. The lowest BCUT2D eigenvalue weighted by Gasteiger charge is -2.30. The van der Waals surface area contributed by atoms with Crippen LogP contribution in [0.15, 0.2) is 24.3 Å². The van der Waals surface area contributed by atoms with Crippen molar-refractivity contribution in [2.45, 2.75) is 50.9 Å². The minimum Gasteiger partial charge on any atom is -0.399 e. The average Bonchev–Trinajstić information content (AvgIpc) is 3.39. The minimum atomic E-state index is -0.771. The van der Waals surface area contributed by atoms with Crippen LogP contribution in [0.25, 0.3) is 0 Å². The van der Waals surface area contributed by atoms with E-state index in [0.29, 0.717) is 50.3 Å². The summed E-state index contributed by atoms with van der Waals surface area (Å²) in [6.07, 6.45) is 0.346. The standard InChI is InChI=1S/C24H33N5O5/c1-14(2)11-17(27-22(31)15-3-5-16(25)6-4-15)23(32)28-9-7-18-21(28)19(30)13-29(18)24(33)20-12-26-8-10-34-20/h3-6,14,17-18,20-21,26H,7-13,25H2,1-2H3,(H,27,31). The lowest BCUT2D eigenvalue weighted by molar-refractivity contribution is -0.146. The topological polar surface area (TPSA) is 134 Å². The Morgan fingerprint density at radius 3 is 2.59 bits per heavy atom. The fourth-order valence-corrected chi connectivity index (χ4v) is 5.04. The molecule has 3 fully saturated rings. The molecular formula is C24H33N5O5. The Bertz CT molecular complexity index is 944. The number of morpholine rings is 1. The summed E-state index contributed by atoms with van der Waals surface area (Å²) in [5.41, 5.74) is 6.66. The van der Waals surface area contributed by atoms with E-state index < -0.39 is 18.2 Å². The van der Waals surface area contributed by atoms with Gasteiger partial charge in [-0.25, -0.2) is 0 Å². The molecule has 4 atom stereocenters. The van der Waals surface area contributed by atoms with Crippen LogP contribution in [-0.2, 0) is 19.1 Å². The van der Waals surface area contributed by atoms with E-state index in [1.807, 2.05) is 13.8 Å². The predicted molar refractivity (Wildman–Crippen MR) is 125 cm³/mol. The Hall–Kier alpha value is -2.98. The van der Waals surface area contributed by atoms with Gasteiger partial charge in [0.25, 0.3) is 11.8 Å². The number of rotatable bonds is 6. The van der Waals surface area contributed by atoms with Crippen LogP contribution >= 0.6 is 0 Å². The molecule has 1 aromatic rings. The van der Waals surface area contributed by atoms with Gasteiger partial charge >= 0.3 is 0 Å². The highest BCUT2D eigenvalue weighted by Crippen LogP contribution is 2.31. The number of nitrogens with one attached hydrogen (secondary N) is 2. The van der Waals surface area contributed by atoms with E-state index >= 15 is 0 Å². The summed E-state index contributed by atoms with van der Waals surface area (Å²) in [4.78, 5) is 55.5. The van der Waals surface area contributed by atoms with Crippen molar-refractivity contribution in [3.63, 3.8) is 0 Å². The van der Waals surface area contributed by atoms with Crippen molar-refractivity contribution in [3.05, 3.63) is 29.8 Å². The summed E-state index contributed by atoms with van der Waals surface area (Å²) in [5, 5.41) is 5.99. The predicted octanol–water partition coefficient (Wildman–Crippen LogP) is -0.217. The van der Waals surface area contributed by atoms with Crippen molar-refractivity contribution in [2.75, 3.05) is 38.5 Å². The first-order valence-electron chi connectivity index (χ1n) is 11.9. The Labute approximate surface area is 199 Å². The third-order valence-electron chi connectivity index (χ3n) is 6.68. The van der Waals surface area contributed by atoms with Crippen LogP contribution in [0.3, 0.4) is 0 Å². The SMILES string of the molecule is CC(C)CC(NC(=O)c1ccc(N)cc1)C(=O)N1CCC2C1C(=O)CN2C(=O)C1CNCCO1. The molecule has 0 aliphatic carbocycles. The van der Waals surface area contributed by atoms with Crippen LogP contribution in [0.2, 0.25) is 0 Å². The first-order chi connectivity index (χ1) is 16.3. The van der Waals surface area contributed by atoms with Gasteiger partial charge in [-0.15, -0.1) is 0 Å². The lowest BCUT2D eigenvalue weighted by Crippen LogP contribution is -2.53. The monoisotopic (exact) mass is 471 g/mol. The summed E-state index contributed by atoms with van der Waals surface area (Å²) in [7, 11) is 0. The number of fused-ring (bicyclic) bond motifs is 1. The summed E-state index contributed by atoms with van der Waals surface area (Å²) >= 11 is 0. The number of hydrogen-bond donors (Lipinski definition) is 3. The number of amides is 3. The number of nitrogen functional groups attached to an aromatic ring is 1. The molecule has 3 aliphatic rings. The summed E-state index contributed by atoms with van der Waals surface area (Å²) in [6, 6.07) is 4.67. The Kier molecular flexibility index (Phi) is 7.18. The molecule has 10 heteroatoms. The molecule has 0 radical (unpaired) electrons. The fraction of sp³-hybridized carbons (Fsp3) is 0.583. The molecule has 3 aliphatic heterocycles. The third kappa shape index (κ3) is 4.92. The second-order valence-corrected chi connectivity index (χ2v) is 9.61. The molecule has 3 heterocycles. The van der Waals surface area contributed by atoms with Crippen molar-refractivity contribution < 1.29 is 23.9 Å². The van der Waals surface area contributed by atoms with E-state index in [9.17, 15) is 19.2 Å². The Morgan fingerprint density at radius 2 is 1.94 bits per heavy atom. The maximum atomic E-state index is 13.6.